The summed E-state index contributed by atoms with van der Waals surface area (Å²) in [6.07, 6.45) is 3.66. The van der Waals surface area contributed by atoms with E-state index in [0.717, 1.165) is 10.5 Å². The molecule has 0 radical (unpaired) electrons. The molecule has 4 rings (SSSR count). The number of esters is 1. The molecule has 56 heavy (non-hydrogen) atoms. The lowest BCUT2D eigenvalue weighted by molar-refractivity contribution is -0.225. The molecule has 2 bridgehead atoms. The highest BCUT2D eigenvalue weighted by Gasteiger charge is 2.57. The number of allylic oxidation sites excluding steroid dienone is 4. The number of aliphatic hydroxyl groups is 4. The molecule has 0 aromatic heterocycles. The van der Waals surface area contributed by atoms with Crippen molar-refractivity contribution in [1.29, 1.82) is 0 Å². The third kappa shape index (κ3) is 10.8. The van der Waals surface area contributed by atoms with Gasteiger partial charge in [-0.15, -0.1) is 6.58 Å². The van der Waals surface area contributed by atoms with Gasteiger partial charge in [-0.2, -0.15) is 0 Å². The second-order valence-electron chi connectivity index (χ2n) is 17.1. The van der Waals surface area contributed by atoms with Crippen LogP contribution < -0.4 is 0 Å². The van der Waals surface area contributed by atoms with E-state index in [9.17, 15) is 39.6 Å². The first-order chi connectivity index (χ1) is 26.4. The Balaban J connectivity index is 1.74. The molecule has 1 aliphatic carbocycles. The molecule has 0 spiro atoms. The maximum absolute atomic E-state index is 14.2. The molecule has 3 aliphatic heterocycles. The minimum atomic E-state index is -2.53. The largest absolute Gasteiger partial charge is 0.456 e. The molecule has 1 saturated carbocycles. The van der Waals surface area contributed by atoms with Crippen LogP contribution in [0.5, 0.6) is 0 Å². The number of ketones is 2. The minimum Gasteiger partial charge on any atom is -0.456 e. The van der Waals surface area contributed by atoms with Crippen molar-refractivity contribution in [2.24, 2.45) is 29.6 Å². The number of aliphatic hydroxyl groups excluding tert-OH is 3. The smallest absolute Gasteiger partial charge is 0.329 e. The predicted molar refractivity (Wildman–Crippen MR) is 208 cm³/mol. The molecule has 0 unspecified atom stereocenters. The Kier molecular flexibility index (Phi) is 16.6. The average Bonchev–Trinajstić information content (AvgIpc) is 3.48. The van der Waals surface area contributed by atoms with E-state index >= 15 is 0 Å². The minimum absolute atomic E-state index is 0.0115. The molecular weight excluding hydrogens is 722 g/mol. The van der Waals surface area contributed by atoms with Gasteiger partial charge in [-0.05, 0) is 95.5 Å². The number of hydrogen-bond acceptors (Lipinski definition) is 12. The number of carbonyl (C=O) groups excluding carboxylic acids is 4. The molecule has 2 saturated heterocycles. The lowest BCUT2D eigenvalue weighted by Gasteiger charge is -2.38. The molecule has 1 amide bonds. The van der Waals surface area contributed by atoms with Gasteiger partial charge in [0.1, 0.15) is 24.0 Å². The first-order valence-electron chi connectivity index (χ1n) is 20.5. The fourth-order valence-corrected chi connectivity index (χ4v) is 9.20. The van der Waals surface area contributed by atoms with Gasteiger partial charge in [0.15, 0.2) is 0 Å². The van der Waals surface area contributed by atoms with E-state index in [4.69, 9.17) is 18.9 Å². The number of methoxy groups -OCH3 is 2. The topological polar surface area (TPSA) is 189 Å². The zero-order valence-corrected chi connectivity index (χ0v) is 34.4. The van der Waals surface area contributed by atoms with Crippen molar-refractivity contribution in [3.8, 4) is 0 Å². The molecule has 3 fully saturated rings. The molecule has 13 nitrogen and oxygen atoms in total. The Bertz CT molecular complexity index is 1460. The number of amides is 1. The number of rotatable bonds is 6. The molecule has 4 aliphatic rings. The van der Waals surface area contributed by atoms with Crippen LogP contribution in [0.1, 0.15) is 105 Å². The highest BCUT2D eigenvalue weighted by Crippen LogP contribution is 2.39. The summed E-state index contributed by atoms with van der Waals surface area (Å²) in [5.41, 5.74) is 1.58. The van der Waals surface area contributed by atoms with Crippen molar-refractivity contribution >= 4 is 23.4 Å². The molecule has 14 atom stereocenters. The van der Waals surface area contributed by atoms with Crippen LogP contribution in [-0.2, 0) is 38.1 Å². The van der Waals surface area contributed by atoms with Gasteiger partial charge in [-0.25, -0.2) is 4.79 Å². The first-order valence-corrected chi connectivity index (χ1v) is 20.5. The van der Waals surface area contributed by atoms with E-state index in [1.165, 1.54) is 7.11 Å². The zero-order chi connectivity index (χ0) is 41.5. The van der Waals surface area contributed by atoms with E-state index in [2.05, 4.69) is 6.58 Å². The van der Waals surface area contributed by atoms with Crippen molar-refractivity contribution in [3.63, 3.8) is 0 Å². The van der Waals surface area contributed by atoms with Crippen LogP contribution >= 0.6 is 0 Å². The zero-order valence-electron chi connectivity index (χ0n) is 34.4. The first kappa shape index (κ1) is 45.9. The quantitative estimate of drug-likeness (QED) is 0.172. The highest BCUT2D eigenvalue weighted by molar-refractivity contribution is 6.39. The lowest BCUT2D eigenvalue weighted by atomic mass is 9.81. The summed E-state index contributed by atoms with van der Waals surface area (Å²) in [4.78, 5) is 57.1. The summed E-state index contributed by atoms with van der Waals surface area (Å²) in [5, 5.41) is 45.1. The van der Waals surface area contributed by atoms with Crippen LogP contribution in [0.3, 0.4) is 0 Å². The lowest BCUT2D eigenvalue weighted by Crippen LogP contribution is -2.57. The molecule has 13 heteroatoms. The number of piperidine rings is 1. The second-order valence-corrected chi connectivity index (χ2v) is 17.1. The predicted octanol–water partition coefficient (Wildman–Crippen LogP) is 3.98. The van der Waals surface area contributed by atoms with Crippen LogP contribution in [0.4, 0.5) is 0 Å². The van der Waals surface area contributed by atoms with Gasteiger partial charge in [0.25, 0.3) is 11.7 Å². The van der Waals surface area contributed by atoms with Crippen LogP contribution in [-0.4, -0.2) is 124 Å². The van der Waals surface area contributed by atoms with Crippen molar-refractivity contribution in [2.45, 2.75) is 160 Å². The van der Waals surface area contributed by atoms with Gasteiger partial charge in [-0.1, -0.05) is 44.6 Å². The van der Waals surface area contributed by atoms with Crippen molar-refractivity contribution in [3.05, 3.63) is 36.0 Å². The third-order valence-electron chi connectivity index (χ3n) is 12.6. The van der Waals surface area contributed by atoms with Gasteiger partial charge < -0.3 is 44.3 Å². The fourth-order valence-electron chi connectivity index (χ4n) is 9.20. The standard InChI is InChI=1S/C43H67NO12/c1-9-12-30-18-24(2)17-25(3)19-36(54-8)38(48)37-21-27(5)43(52,56-37)40(49)41(50)44-16-11-10-13-31(44)42(51)55-39(28(6)33(46)23-34(30)47)26(4)20-29-14-15-32(45)35(22-29)53-7/h9,18,20,25,27-33,35-39,45-46,48,52H,1,10-17,19,21-23H2,2-8H3/b24-18+,26-20+/t25-,27+,28+,29-,30+,31-,32+,33-,35+,36-,37-,38+,39+,43+/m0/s1. The molecule has 0 aromatic carbocycles. The van der Waals surface area contributed by atoms with Gasteiger partial charge >= 0.3 is 5.97 Å². The fraction of sp³-hybridized carbons (Fsp3) is 0.767. The van der Waals surface area contributed by atoms with Crippen LogP contribution in [0.15, 0.2) is 36.0 Å². The molecule has 316 valence electrons. The van der Waals surface area contributed by atoms with Crippen molar-refractivity contribution < 1.29 is 58.6 Å². The SMILES string of the molecule is C=CC[C@@H]1/C=C(\C)C[C@H](C)C[C@H](OC)[C@@H](O)[C@@H]2C[C@@H](C)[C@@](O)(O2)C(=O)C(=O)N2CCCC[C@H]2C(=O)O[C@H](/C(C)=C/[C@@H]2CC[C@@H](O)[C@H](OC)C2)[C@H](C)[C@@H](O)CC1=O. The number of carbonyl (C=O) groups is 4. The van der Waals surface area contributed by atoms with E-state index < -0.39 is 83.9 Å². The van der Waals surface area contributed by atoms with Crippen LogP contribution in [0.25, 0.3) is 0 Å². The maximum Gasteiger partial charge on any atom is 0.329 e. The summed E-state index contributed by atoms with van der Waals surface area (Å²) >= 11 is 0. The molecule has 3 heterocycles. The van der Waals surface area contributed by atoms with E-state index in [0.29, 0.717) is 56.9 Å². The Labute approximate surface area is 332 Å². The summed E-state index contributed by atoms with van der Waals surface area (Å²) in [5.74, 6) is -7.99. The number of hydrogen-bond donors (Lipinski definition) is 4. The van der Waals surface area contributed by atoms with E-state index in [-0.39, 0.29) is 49.5 Å². The summed E-state index contributed by atoms with van der Waals surface area (Å²) < 4.78 is 23.3. The number of fused-ring (bicyclic) bond motifs is 3. The third-order valence-corrected chi connectivity index (χ3v) is 12.6. The summed E-state index contributed by atoms with van der Waals surface area (Å²) in [6, 6.07) is -1.16. The van der Waals surface area contributed by atoms with Gasteiger partial charge in [0.05, 0.1) is 30.5 Å². The number of cyclic esters (lactones) is 1. The Morgan fingerprint density at radius 1 is 0.964 bits per heavy atom. The normalized spacial score (nSPS) is 41.5. The Morgan fingerprint density at radius 2 is 1.66 bits per heavy atom. The number of nitrogens with zero attached hydrogens (tertiary/aromatic N) is 1. The maximum atomic E-state index is 14.2. The highest BCUT2D eigenvalue weighted by atomic mass is 16.7. The van der Waals surface area contributed by atoms with E-state index in [1.807, 2.05) is 26.0 Å². The van der Waals surface area contributed by atoms with Crippen molar-refractivity contribution in [2.75, 3.05) is 20.8 Å². The molecule has 0 aromatic rings. The number of ether oxygens (including phenoxy) is 4. The summed E-state index contributed by atoms with van der Waals surface area (Å²) in [6.45, 7) is 12.9. The van der Waals surface area contributed by atoms with Gasteiger partial charge in [0, 0.05) is 44.9 Å². The Morgan fingerprint density at radius 3 is 2.32 bits per heavy atom. The molecule has 4 N–H and O–H groups in total. The molecular formula is C43H67NO12. The van der Waals surface area contributed by atoms with Gasteiger partial charge in [0.2, 0.25) is 5.79 Å². The van der Waals surface area contributed by atoms with Crippen LogP contribution in [0, 0.1) is 29.6 Å². The van der Waals surface area contributed by atoms with Gasteiger partial charge in [-0.3, -0.25) is 14.4 Å². The monoisotopic (exact) mass is 789 g/mol. The second kappa shape index (κ2) is 20.3. The summed E-state index contributed by atoms with van der Waals surface area (Å²) in [7, 11) is 3.02. The van der Waals surface area contributed by atoms with Crippen LogP contribution in [0.2, 0.25) is 0 Å². The number of Topliss-reactive ketones (excluding diaryl/α,β-unsaturated/α-hetero) is 2. The van der Waals surface area contributed by atoms with E-state index in [1.54, 1.807) is 34.0 Å². The van der Waals surface area contributed by atoms with Crippen molar-refractivity contribution in [1.82, 2.24) is 4.90 Å². The average molecular weight is 790 g/mol. The Hall–Kier alpha value is -2.78.